The van der Waals surface area contributed by atoms with Gasteiger partial charge in [-0.1, -0.05) is 74.0 Å². The van der Waals surface area contributed by atoms with Crippen LogP contribution >= 0.6 is 0 Å². The molecule has 34 heavy (non-hydrogen) atoms. The molecule has 0 spiro atoms. The molecule has 3 aromatic rings. The molecule has 0 bridgehead atoms. The van der Waals surface area contributed by atoms with Gasteiger partial charge in [-0.15, -0.1) is 0 Å². The van der Waals surface area contributed by atoms with Crippen molar-refractivity contribution in [3.8, 4) is 0 Å². The molecule has 0 aromatic heterocycles. The second kappa shape index (κ2) is 12.6. The van der Waals surface area contributed by atoms with Crippen LogP contribution in [0.15, 0.2) is 78.9 Å². The summed E-state index contributed by atoms with van der Waals surface area (Å²) in [7, 11) is 0. The first-order valence-electron chi connectivity index (χ1n) is 11.6. The molecule has 1 N–H and O–H groups in total. The first-order valence-corrected chi connectivity index (χ1v) is 11.6. The van der Waals surface area contributed by atoms with Crippen molar-refractivity contribution in [1.82, 2.24) is 10.2 Å². The lowest BCUT2D eigenvalue weighted by atomic mass is 10.0. The maximum Gasteiger partial charge on any atom is 0.243 e. The van der Waals surface area contributed by atoms with Crippen LogP contribution in [0.1, 0.15) is 36.5 Å². The molecule has 0 aliphatic carbocycles. The summed E-state index contributed by atoms with van der Waals surface area (Å²) in [6.45, 7) is 2.64. The molecule has 0 saturated carbocycles. The second-order valence-corrected chi connectivity index (χ2v) is 8.27. The molecule has 3 rings (SSSR count). The molecule has 0 aliphatic heterocycles. The summed E-state index contributed by atoms with van der Waals surface area (Å²) in [4.78, 5) is 28.3. The number of benzene rings is 3. The van der Waals surface area contributed by atoms with Crippen LogP contribution in [-0.4, -0.2) is 29.3 Å². The molecule has 3 aromatic carbocycles. The zero-order chi connectivity index (χ0) is 24.3. The number of hydrogen-bond acceptors (Lipinski definition) is 2. The van der Waals surface area contributed by atoms with Gasteiger partial charge in [-0.05, 0) is 41.3 Å². The standard InChI is InChI=1S/C28H30F2N2O2/c1-2-3-17-31-28(34)26(18-21-9-5-4-6-10-21)32(20-22-13-15-24(29)16-14-22)27(33)19-23-11-7-8-12-25(23)30/h4-16,26H,2-3,17-20H2,1H3,(H,31,34)/t26-/m0/s1. The third-order valence-corrected chi connectivity index (χ3v) is 5.67. The van der Waals surface area contributed by atoms with Gasteiger partial charge in [0.15, 0.2) is 0 Å². The first kappa shape index (κ1) is 25.1. The molecule has 2 amide bonds. The van der Waals surface area contributed by atoms with Crippen molar-refractivity contribution >= 4 is 11.8 Å². The van der Waals surface area contributed by atoms with Gasteiger partial charge in [0.1, 0.15) is 17.7 Å². The topological polar surface area (TPSA) is 49.4 Å². The Hall–Kier alpha value is -3.54. The van der Waals surface area contributed by atoms with Gasteiger partial charge in [0.05, 0.1) is 6.42 Å². The molecule has 0 aliphatic rings. The number of amides is 2. The van der Waals surface area contributed by atoms with E-state index in [0.29, 0.717) is 18.5 Å². The molecule has 1 atom stereocenters. The molecular weight excluding hydrogens is 434 g/mol. The average molecular weight is 465 g/mol. The van der Waals surface area contributed by atoms with Crippen LogP contribution in [0.5, 0.6) is 0 Å². The number of hydrogen-bond donors (Lipinski definition) is 1. The van der Waals surface area contributed by atoms with Crippen molar-refractivity contribution in [2.45, 2.75) is 45.2 Å². The normalized spacial score (nSPS) is 11.6. The third-order valence-electron chi connectivity index (χ3n) is 5.67. The van der Waals surface area contributed by atoms with Crippen LogP contribution in [0.2, 0.25) is 0 Å². The Morgan fingerprint density at radius 1 is 0.882 bits per heavy atom. The van der Waals surface area contributed by atoms with E-state index in [4.69, 9.17) is 0 Å². The molecule has 178 valence electrons. The fourth-order valence-corrected chi connectivity index (χ4v) is 3.75. The van der Waals surface area contributed by atoms with E-state index < -0.39 is 11.9 Å². The summed E-state index contributed by atoms with van der Waals surface area (Å²) < 4.78 is 27.8. The van der Waals surface area contributed by atoms with E-state index in [-0.39, 0.29) is 36.2 Å². The monoisotopic (exact) mass is 464 g/mol. The zero-order valence-corrected chi connectivity index (χ0v) is 19.3. The summed E-state index contributed by atoms with van der Waals surface area (Å²) in [5.74, 6) is -1.49. The fourth-order valence-electron chi connectivity index (χ4n) is 3.75. The number of halogens is 2. The SMILES string of the molecule is CCCCNC(=O)[C@H](Cc1ccccc1)N(Cc1ccc(F)cc1)C(=O)Cc1ccccc1F. The van der Waals surface area contributed by atoms with Crippen molar-refractivity contribution < 1.29 is 18.4 Å². The summed E-state index contributed by atoms with van der Waals surface area (Å²) in [6, 6.07) is 20.6. The van der Waals surface area contributed by atoms with Crippen LogP contribution in [0.3, 0.4) is 0 Å². The van der Waals surface area contributed by atoms with Crippen molar-refractivity contribution in [2.24, 2.45) is 0 Å². The first-order chi connectivity index (χ1) is 16.5. The van der Waals surface area contributed by atoms with E-state index in [1.54, 1.807) is 30.3 Å². The molecular formula is C28H30F2N2O2. The summed E-state index contributed by atoms with van der Waals surface area (Å²) in [5.41, 5.74) is 1.85. The highest BCUT2D eigenvalue weighted by molar-refractivity contribution is 5.88. The van der Waals surface area contributed by atoms with E-state index >= 15 is 0 Å². The van der Waals surface area contributed by atoms with Gasteiger partial charge in [-0.25, -0.2) is 8.78 Å². The number of rotatable bonds is 11. The van der Waals surface area contributed by atoms with E-state index in [1.807, 2.05) is 37.3 Å². The number of carbonyl (C=O) groups excluding carboxylic acids is 2. The highest BCUT2D eigenvalue weighted by Crippen LogP contribution is 2.18. The van der Waals surface area contributed by atoms with E-state index in [2.05, 4.69) is 5.32 Å². The fraction of sp³-hybridized carbons (Fsp3) is 0.286. The van der Waals surface area contributed by atoms with Crippen LogP contribution in [0.25, 0.3) is 0 Å². The molecule has 0 heterocycles. The van der Waals surface area contributed by atoms with Crippen LogP contribution in [0, 0.1) is 11.6 Å². The lowest BCUT2D eigenvalue weighted by Crippen LogP contribution is -2.51. The van der Waals surface area contributed by atoms with Gasteiger partial charge < -0.3 is 10.2 Å². The molecule has 0 saturated heterocycles. The minimum Gasteiger partial charge on any atom is -0.354 e. The predicted octanol–water partition coefficient (Wildman–Crippen LogP) is 5.06. The predicted molar refractivity (Wildman–Crippen MR) is 129 cm³/mol. The third kappa shape index (κ3) is 7.24. The van der Waals surface area contributed by atoms with Crippen molar-refractivity contribution in [3.63, 3.8) is 0 Å². The summed E-state index contributed by atoms with van der Waals surface area (Å²) >= 11 is 0. The Morgan fingerprint density at radius 2 is 1.56 bits per heavy atom. The second-order valence-electron chi connectivity index (χ2n) is 8.27. The van der Waals surface area contributed by atoms with Gasteiger partial charge in [0.25, 0.3) is 0 Å². The average Bonchev–Trinajstić information content (AvgIpc) is 2.84. The zero-order valence-electron chi connectivity index (χ0n) is 19.3. The maximum atomic E-state index is 14.3. The maximum absolute atomic E-state index is 14.3. The molecule has 4 nitrogen and oxygen atoms in total. The Kier molecular flexibility index (Phi) is 9.32. The van der Waals surface area contributed by atoms with Crippen LogP contribution in [0.4, 0.5) is 8.78 Å². The molecule has 6 heteroatoms. The van der Waals surface area contributed by atoms with E-state index in [0.717, 1.165) is 18.4 Å². The lowest BCUT2D eigenvalue weighted by molar-refractivity contribution is -0.140. The van der Waals surface area contributed by atoms with Crippen molar-refractivity contribution in [1.29, 1.82) is 0 Å². The molecule has 0 fully saturated rings. The molecule has 0 unspecified atom stereocenters. The highest BCUT2D eigenvalue weighted by Gasteiger charge is 2.30. The van der Waals surface area contributed by atoms with E-state index in [1.165, 1.54) is 23.1 Å². The summed E-state index contributed by atoms with van der Waals surface area (Å²) in [6.07, 6.45) is 1.88. The Bertz CT molecular complexity index is 1070. The van der Waals surface area contributed by atoms with Gasteiger partial charge in [0.2, 0.25) is 11.8 Å². The number of carbonyl (C=O) groups is 2. The van der Waals surface area contributed by atoms with Gasteiger partial charge >= 0.3 is 0 Å². The summed E-state index contributed by atoms with van der Waals surface area (Å²) in [5, 5.41) is 2.94. The Labute approximate surface area is 199 Å². The van der Waals surface area contributed by atoms with E-state index in [9.17, 15) is 18.4 Å². The van der Waals surface area contributed by atoms with Crippen molar-refractivity contribution in [2.75, 3.05) is 6.54 Å². The minimum absolute atomic E-state index is 0.103. The largest absolute Gasteiger partial charge is 0.354 e. The van der Waals surface area contributed by atoms with Crippen LogP contribution in [-0.2, 0) is 29.0 Å². The Balaban J connectivity index is 1.94. The smallest absolute Gasteiger partial charge is 0.243 e. The quantitative estimate of drug-likeness (QED) is 0.403. The van der Waals surface area contributed by atoms with Crippen LogP contribution < -0.4 is 5.32 Å². The number of nitrogens with one attached hydrogen (secondary N) is 1. The van der Waals surface area contributed by atoms with Gasteiger partial charge in [-0.3, -0.25) is 9.59 Å². The van der Waals surface area contributed by atoms with Gasteiger partial charge in [-0.2, -0.15) is 0 Å². The molecule has 0 radical (unpaired) electrons. The number of unbranched alkanes of at least 4 members (excludes halogenated alkanes) is 1. The van der Waals surface area contributed by atoms with Gasteiger partial charge in [0, 0.05) is 19.5 Å². The lowest BCUT2D eigenvalue weighted by Gasteiger charge is -2.31. The van der Waals surface area contributed by atoms with Crippen molar-refractivity contribution in [3.05, 3.63) is 107 Å². The number of nitrogens with zero attached hydrogens (tertiary/aromatic N) is 1. The minimum atomic E-state index is -0.802. The Morgan fingerprint density at radius 3 is 2.24 bits per heavy atom. The highest BCUT2D eigenvalue weighted by atomic mass is 19.1.